The Labute approximate surface area is 158 Å². The van der Waals surface area contributed by atoms with E-state index in [0.717, 1.165) is 10.9 Å². The molecule has 27 heavy (non-hydrogen) atoms. The van der Waals surface area contributed by atoms with Gasteiger partial charge in [0, 0.05) is 21.9 Å². The molecule has 0 atom stereocenters. The van der Waals surface area contributed by atoms with Crippen molar-refractivity contribution in [2.24, 2.45) is 0 Å². The third-order valence-electron chi connectivity index (χ3n) is 4.22. The summed E-state index contributed by atoms with van der Waals surface area (Å²) in [5.74, 6) is -0.414. The number of carbonyl (C=O) groups excluding carboxylic acids is 1. The van der Waals surface area contributed by atoms with Crippen molar-refractivity contribution in [2.75, 3.05) is 12.4 Å². The molecule has 0 aliphatic heterocycles. The zero-order valence-corrected chi connectivity index (χ0v) is 15.4. The molecule has 0 aliphatic carbocycles. The number of benzene rings is 2. The molecule has 0 aliphatic rings. The van der Waals surface area contributed by atoms with E-state index in [0.29, 0.717) is 22.0 Å². The van der Waals surface area contributed by atoms with Crippen molar-refractivity contribution in [3.05, 3.63) is 65.0 Å². The van der Waals surface area contributed by atoms with Crippen LogP contribution < -0.4 is 10.1 Å². The average molecular weight is 382 g/mol. The Hall–Kier alpha value is -3.19. The summed E-state index contributed by atoms with van der Waals surface area (Å²) in [4.78, 5) is 16.9. The summed E-state index contributed by atoms with van der Waals surface area (Å²) in [6.07, 6.45) is 0. The van der Waals surface area contributed by atoms with Gasteiger partial charge in [-0.15, -0.1) is 11.3 Å². The van der Waals surface area contributed by atoms with Gasteiger partial charge in [0.05, 0.1) is 12.8 Å². The number of fused-ring (bicyclic) bond motifs is 1. The Balaban J connectivity index is 1.57. The summed E-state index contributed by atoms with van der Waals surface area (Å²) in [5.41, 5.74) is 2.61. The first-order valence-electron chi connectivity index (χ1n) is 8.15. The average Bonchev–Trinajstić information content (AvgIpc) is 3.27. The number of aromatic nitrogens is 1. The van der Waals surface area contributed by atoms with Gasteiger partial charge >= 0.3 is 0 Å². The van der Waals surface area contributed by atoms with Crippen LogP contribution in [-0.4, -0.2) is 18.0 Å². The number of rotatable bonds is 4. The van der Waals surface area contributed by atoms with E-state index >= 15 is 0 Å². The molecule has 5 nitrogen and oxygen atoms in total. The van der Waals surface area contributed by atoms with Gasteiger partial charge < -0.3 is 9.15 Å². The molecule has 136 valence electrons. The number of anilines is 1. The van der Waals surface area contributed by atoms with Crippen LogP contribution in [0.15, 0.2) is 52.3 Å². The van der Waals surface area contributed by atoms with Crippen LogP contribution in [0.25, 0.3) is 22.2 Å². The standard InChI is InChI=1S/C20H15FN2O3S/c1-11-13-5-3-4-6-16(13)26-18(11)19(24)23-20-22-15(10-27-20)12-7-8-17(25-2)14(21)9-12/h3-10H,1-2H3,(H,22,23,24). The minimum absolute atomic E-state index is 0.169. The van der Waals surface area contributed by atoms with Gasteiger partial charge in [-0.25, -0.2) is 9.37 Å². The Morgan fingerprint density at radius 1 is 1.26 bits per heavy atom. The van der Waals surface area contributed by atoms with Crippen LogP contribution >= 0.6 is 11.3 Å². The molecule has 4 rings (SSSR count). The van der Waals surface area contributed by atoms with Gasteiger partial charge in [0.1, 0.15) is 5.58 Å². The second kappa shape index (κ2) is 6.85. The highest BCUT2D eigenvalue weighted by Crippen LogP contribution is 2.30. The van der Waals surface area contributed by atoms with Crippen LogP contribution in [0, 0.1) is 12.7 Å². The first-order valence-corrected chi connectivity index (χ1v) is 9.03. The van der Waals surface area contributed by atoms with Crippen molar-refractivity contribution in [1.29, 1.82) is 0 Å². The smallest absolute Gasteiger partial charge is 0.293 e. The molecule has 0 unspecified atom stereocenters. The number of halogens is 1. The lowest BCUT2D eigenvalue weighted by molar-refractivity contribution is 0.0998. The lowest BCUT2D eigenvalue weighted by atomic mass is 10.1. The molecule has 2 aromatic heterocycles. The third kappa shape index (κ3) is 3.17. The maximum Gasteiger partial charge on any atom is 0.293 e. The molecule has 0 fully saturated rings. The Bertz CT molecular complexity index is 1150. The molecule has 4 aromatic rings. The molecule has 0 radical (unpaired) electrons. The van der Waals surface area contributed by atoms with E-state index in [1.54, 1.807) is 17.5 Å². The predicted octanol–water partition coefficient (Wildman–Crippen LogP) is 5.26. The van der Waals surface area contributed by atoms with Crippen LogP contribution in [0.3, 0.4) is 0 Å². The summed E-state index contributed by atoms with van der Waals surface area (Å²) in [5, 5.41) is 5.80. The van der Waals surface area contributed by atoms with Gasteiger partial charge in [0.25, 0.3) is 5.91 Å². The summed E-state index contributed by atoms with van der Waals surface area (Å²) in [6.45, 7) is 1.84. The van der Waals surface area contributed by atoms with Gasteiger partial charge in [0.15, 0.2) is 22.5 Å². The van der Waals surface area contributed by atoms with E-state index in [2.05, 4.69) is 10.3 Å². The Morgan fingerprint density at radius 3 is 2.81 bits per heavy atom. The van der Waals surface area contributed by atoms with E-state index in [-0.39, 0.29) is 17.4 Å². The fourth-order valence-electron chi connectivity index (χ4n) is 2.83. The number of methoxy groups -OCH3 is 1. The quantitative estimate of drug-likeness (QED) is 0.523. The van der Waals surface area contributed by atoms with Crippen molar-refractivity contribution < 1.29 is 18.3 Å². The Morgan fingerprint density at radius 2 is 2.07 bits per heavy atom. The normalized spacial score (nSPS) is 10.9. The molecular formula is C20H15FN2O3S. The predicted molar refractivity (Wildman–Crippen MR) is 103 cm³/mol. The summed E-state index contributed by atoms with van der Waals surface area (Å²) in [6, 6.07) is 12.1. The van der Waals surface area contributed by atoms with Crippen molar-refractivity contribution in [2.45, 2.75) is 6.92 Å². The van der Waals surface area contributed by atoms with Crippen LogP contribution in [0.2, 0.25) is 0 Å². The SMILES string of the molecule is COc1ccc(-c2csc(NC(=O)c3oc4ccccc4c3C)n2)cc1F. The topological polar surface area (TPSA) is 64.4 Å². The number of aryl methyl sites for hydroxylation is 1. The van der Waals surface area contributed by atoms with Gasteiger partial charge in [-0.2, -0.15) is 0 Å². The lowest BCUT2D eigenvalue weighted by Crippen LogP contribution is -2.11. The number of hydrogen-bond donors (Lipinski definition) is 1. The molecule has 1 N–H and O–H groups in total. The number of nitrogens with one attached hydrogen (secondary N) is 1. The molecule has 0 bridgehead atoms. The summed E-state index contributed by atoms with van der Waals surface area (Å²) < 4.78 is 24.5. The van der Waals surface area contributed by atoms with Gasteiger partial charge in [-0.05, 0) is 31.2 Å². The van der Waals surface area contributed by atoms with Crippen molar-refractivity contribution in [1.82, 2.24) is 4.98 Å². The van der Waals surface area contributed by atoms with E-state index in [1.807, 2.05) is 31.2 Å². The highest BCUT2D eigenvalue weighted by atomic mass is 32.1. The molecule has 0 saturated heterocycles. The highest BCUT2D eigenvalue weighted by molar-refractivity contribution is 7.14. The van der Waals surface area contributed by atoms with E-state index in [1.165, 1.54) is 24.5 Å². The largest absolute Gasteiger partial charge is 0.494 e. The summed E-state index contributed by atoms with van der Waals surface area (Å²) >= 11 is 1.26. The maximum atomic E-state index is 13.9. The maximum absolute atomic E-state index is 13.9. The third-order valence-corrected chi connectivity index (χ3v) is 4.98. The van der Waals surface area contributed by atoms with Crippen LogP contribution in [0.5, 0.6) is 5.75 Å². The second-order valence-electron chi connectivity index (χ2n) is 5.89. The van der Waals surface area contributed by atoms with Crippen molar-refractivity contribution in [3.8, 4) is 17.0 Å². The zero-order valence-electron chi connectivity index (χ0n) is 14.6. The zero-order chi connectivity index (χ0) is 19.0. The van der Waals surface area contributed by atoms with Crippen LogP contribution in [0.4, 0.5) is 9.52 Å². The van der Waals surface area contributed by atoms with E-state index in [4.69, 9.17) is 9.15 Å². The number of hydrogen-bond acceptors (Lipinski definition) is 5. The van der Waals surface area contributed by atoms with Crippen LogP contribution in [0.1, 0.15) is 16.1 Å². The first kappa shape index (κ1) is 17.2. The number of amides is 1. The Kier molecular flexibility index (Phi) is 4.37. The minimum atomic E-state index is -0.466. The fraction of sp³-hybridized carbons (Fsp3) is 0.100. The van der Waals surface area contributed by atoms with Gasteiger partial charge in [0.2, 0.25) is 0 Å². The van der Waals surface area contributed by atoms with Gasteiger partial charge in [-0.3, -0.25) is 10.1 Å². The molecule has 2 aromatic carbocycles. The van der Waals surface area contributed by atoms with Crippen LogP contribution in [-0.2, 0) is 0 Å². The number of carbonyl (C=O) groups is 1. The first-order chi connectivity index (χ1) is 13.1. The molecule has 1 amide bonds. The lowest BCUT2D eigenvalue weighted by Gasteiger charge is -2.03. The molecule has 7 heteroatoms. The minimum Gasteiger partial charge on any atom is -0.494 e. The highest BCUT2D eigenvalue weighted by Gasteiger charge is 2.19. The number of nitrogens with zero attached hydrogens (tertiary/aromatic N) is 1. The molecule has 0 spiro atoms. The number of furan rings is 1. The van der Waals surface area contributed by atoms with E-state index < -0.39 is 5.82 Å². The second-order valence-corrected chi connectivity index (χ2v) is 6.75. The number of thiazole rings is 1. The molecule has 0 saturated carbocycles. The monoisotopic (exact) mass is 382 g/mol. The van der Waals surface area contributed by atoms with Crippen molar-refractivity contribution in [3.63, 3.8) is 0 Å². The number of para-hydroxylation sites is 1. The van der Waals surface area contributed by atoms with Gasteiger partial charge in [-0.1, -0.05) is 18.2 Å². The van der Waals surface area contributed by atoms with E-state index in [9.17, 15) is 9.18 Å². The summed E-state index contributed by atoms with van der Waals surface area (Å²) in [7, 11) is 1.41. The number of ether oxygens (including phenoxy) is 1. The molecule has 2 heterocycles. The van der Waals surface area contributed by atoms with Crippen molar-refractivity contribution >= 4 is 33.3 Å². The molecular weight excluding hydrogens is 367 g/mol. The fourth-order valence-corrected chi connectivity index (χ4v) is 3.55.